The summed E-state index contributed by atoms with van der Waals surface area (Å²) in [6.45, 7) is 13.6. The number of benzene rings is 1. The number of urea groups is 2. The summed E-state index contributed by atoms with van der Waals surface area (Å²) in [5.41, 5.74) is 2.11. The lowest BCUT2D eigenvalue weighted by atomic mass is 9.95. The van der Waals surface area contributed by atoms with Crippen LogP contribution in [-0.4, -0.2) is 116 Å². The number of morpholine rings is 2. The second kappa shape index (κ2) is 14.0. The molecule has 1 unspecified atom stereocenters. The quantitative estimate of drug-likeness (QED) is 0.575. The van der Waals surface area contributed by atoms with Crippen LogP contribution in [0.3, 0.4) is 0 Å². The van der Waals surface area contributed by atoms with E-state index in [-0.39, 0.29) is 12.1 Å². The van der Waals surface area contributed by atoms with Gasteiger partial charge in [-0.2, -0.15) is 0 Å². The molecule has 206 valence electrons. The van der Waals surface area contributed by atoms with Crippen LogP contribution in [0.15, 0.2) is 24.3 Å². The van der Waals surface area contributed by atoms with E-state index in [0.29, 0.717) is 64.6 Å². The van der Waals surface area contributed by atoms with E-state index in [0.717, 1.165) is 57.5 Å². The summed E-state index contributed by atoms with van der Waals surface area (Å²) >= 11 is 0. The van der Waals surface area contributed by atoms with E-state index in [9.17, 15) is 9.59 Å². The van der Waals surface area contributed by atoms with Crippen LogP contribution < -0.4 is 5.32 Å². The second-order valence-corrected chi connectivity index (χ2v) is 10.6. The van der Waals surface area contributed by atoms with E-state index < -0.39 is 0 Å². The average molecular weight is 516 g/mol. The zero-order valence-corrected chi connectivity index (χ0v) is 22.7. The molecule has 3 saturated heterocycles. The van der Waals surface area contributed by atoms with Crippen LogP contribution >= 0.6 is 0 Å². The van der Waals surface area contributed by atoms with E-state index in [4.69, 9.17) is 9.47 Å². The predicted molar refractivity (Wildman–Crippen MR) is 145 cm³/mol. The number of carbonyl (C=O) groups excluding carboxylic acids is 2. The first-order valence-corrected chi connectivity index (χ1v) is 14.1. The van der Waals surface area contributed by atoms with Crippen molar-refractivity contribution in [1.82, 2.24) is 19.6 Å². The first kappa shape index (κ1) is 27.7. The van der Waals surface area contributed by atoms with Crippen LogP contribution in [0.5, 0.6) is 0 Å². The van der Waals surface area contributed by atoms with Gasteiger partial charge in [0.05, 0.1) is 26.4 Å². The number of amides is 4. The molecule has 0 saturated carbocycles. The molecule has 3 aliphatic rings. The minimum Gasteiger partial charge on any atom is -0.378 e. The monoisotopic (exact) mass is 515 g/mol. The molecule has 1 aromatic carbocycles. The molecule has 37 heavy (non-hydrogen) atoms. The highest BCUT2D eigenvalue weighted by Crippen LogP contribution is 2.22. The number of nitrogens with one attached hydrogen (secondary N) is 1. The zero-order chi connectivity index (χ0) is 26.0. The molecule has 9 heteroatoms. The maximum absolute atomic E-state index is 12.8. The van der Waals surface area contributed by atoms with Crippen LogP contribution in [0.4, 0.5) is 15.3 Å². The molecule has 9 nitrogen and oxygen atoms in total. The van der Waals surface area contributed by atoms with Crippen molar-refractivity contribution in [2.75, 3.05) is 84.1 Å². The Labute approximate surface area is 222 Å². The molecule has 0 bridgehead atoms. The molecule has 1 N–H and O–H groups in total. The molecule has 1 aromatic rings. The van der Waals surface area contributed by atoms with Gasteiger partial charge >= 0.3 is 12.1 Å². The Balaban J connectivity index is 1.23. The van der Waals surface area contributed by atoms with Gasteiger partial charge in [-0.1, -0.05) is 19.1 Å². The van der Waals surface area contributed by atoms with Gasteiger partial charge in [0.25, 0.3) is 0 Å². The standard InChI is InChI=1S/C28H45N5O4/c1-3-10-33(22-25-8-11-31(12-9-25)28(35)32-15-19-37-20-16-32)23(2)21-24-4-6-26(7-5-24)29-27(34)30-13-17-36-18-14-30/h4-7,23,25H,3,8-22H2,1-2H3,(H,29,34). The summed E-state index contributed by atoms with van der Waals surface area (Å²) in [4.78, 5) is 33.7. The van der Waals surface area contributed by atoms with Crippen LogP contribution in [-0.2, 0) is 15.9 Å². The van der Waals surface area contributed by atoms with E-state index in [2.05, 4.69) is 36.2 Å². The molecule has 0 aliphatic carbocycles. The smallest absolute Gasteiger partial charge is 0.321 e. The van der Waals surface area contributed by atoms with Crippen LogP contribution in [0.25, 0.3) is 0 Å². The summed E-state index contributed by atoms with van der Waals surface area (Å²) in [6.07, 6.45) is 4.25. The SMILES string of the molecule is CCCN(CC1CCN(C(=O)N2CCOCC2)CC1)C(C)Cc1ccc(NC(=O)N2CCOCC2)cc1. The van der Waals surface area contributed by atoms with Gasteiger partial charge in [-0.3, -0.25) is 0 Å². The van der Waals surface area contributed by atoms with Crippen molar-refractivity contribution in [2.45, 2.75) is 45.6 Å². The zero-order valence-electron chi connectivity index (χ0n) is 22.7. The molecular weight excluding hydrogens is 470 g/mol. The molecular formula is C28H45N5O4. The van der Waals surface area contributed by atoms with E-state index in [1.807, 2.05) is 21.9 Å². The third-order valence-electron chi connectivity index (χ3n) is 7.83. The summed E-state index contributed by atoms with van der Waals surface area (Å²) in [5.74, 6) is 0.625. The van der Waals surface area contributed by atoms with Crippen LogP contribution in [0.2, 0.25) is 0 Å². The lowest BCUT2D eigenvalue weighted by molar-refractivity contribution is 0.0386. The molecule has 4 rings (SSSR count). The van der Waals surface area contributed by atoms with Gasteiger partial charge in [0.2, 0.25) is 0 Å². The summed E-state index contributed by atoms with van der Waals surface area (Å²) in [7, 11) is 0. The van der Waals surface area contributed by atoms with Crippen molar-refractivity contribution in [2.24, 2.45) is 5.92 Å². The Morgan fingerprint density at radius 3 is 2.08 bits per heavy atom. The van der Waals surface area contributed by atoms with Crippen LogP contribution in [0, 0.1) is 5.92 Å². The molecule has 0 radical (unpaired) electrons. The Morgan fingerprint density at radius 1 is 0.919 bits per heavy atom. The van der Waals surface area contributed by atoms with E-state index in [1.54, 1.807) is 4.90 Å². The largest absolute Gasteiger partial charge is 0.378 e. The molecule has 3 fully saturated rings. The van der Waals surface area contributed by atoms with Crippen molar-refractivity contribution in [1.29, 1.82) is 0 Å². The predicted octanol–water partition coefficient (Wildman–Crippen LogP) is 3.36. The van der Waals surface area contributed by atoms with Crippen molar-refractivity contribution >= 4 is 17.7 Å². The molecule has 3 heterocycles. The Morgan fingerprint density at radius 2 is 1.49 bits per heavy atom. The Hall–Kier alpha value is -2.36. The number of hydrogen-bond acceptors (Lipinski definition) is 5. The number of ether oxygens (including phenoxy) is 2. The number of nitrogens with zero attached hydrogens (tertiary/aromatic N) is 4. The number of likely N-dealkylation sites (tertiary alicyclic amines) is 1. The summed E-state index contributed by atoms with van der Waals surface area (Å²) < 4.78 is 10.7. The van der Waals surface area contributed by atoms with Gasteiger partial charge in [0.15, 0.2) is 0 Å². The fourth-order valence-electron chi connectivity index (χ4n) is 5.54. The van der Waals surface area contributed by atoms with Gasteiger partial charge < -0.3 is 34.4 Å². The lowest BCUT2D eigenvalue weighted by Crippen LogP contribution is -2.51. The van der Waals surface area contributed by atoms with Crippen molar-refractivity contribution in [3.8, 4) is 0 Å². The van der Waals surface area contributed by atoms with Crippen molar-refractivity contribution < 1.29 is 19.1 Å². The van der Waals surface area contributed by atoms with Crippen molar-refractivity contribution in [3.63, 3.8) is 0 Å². The maximum atomic E-state index is 12.8. The highest BCUT2D eigenvalue weighted by Gasteiger charge is 2.29. The topological polar surface area (TPSA) is 77.6 Å². The fraction of sp³-hybridized carbons (Fsp3) is 0.714. The third kappa shape index (κ3) is 8.06. The number of hydrogen-bond donors (Lipinski definition) is 1. The second-order valence-electron chi connectivity index (χ2n) is 10.6. The Bertz CT molecular complexity index is 847. The molecule has 3 aliphatic heterocycles. The minimum atomic E-state index is -0.0590. The van der Waals surface area contributed by atoms with Crippen LogP contribution in [0.1, 0.15) is 38.7 Å². The highest BCUT2D eigenvalue weighted by atomic mass is 16.5. The number of piperidine rings is 1. The Kier molecular flexibility index (Phi) is 10.5. The van der Waals surface area contributed by atoms with Crippen molar-refractivity contribution in [3.05, 3.63) is 29.8 Å². The third-order valence-corrected chi connectivity index (χ3v) is 7.83. The van der Waals surface area contributed by atoms with Gasteiger partial charge in [-0.15, -0.1) is 0 Å². The maximum Gasteiger partial charge on any atom is 0.321 e. The normalized spacial score (nSPS) is 20.2. The first-order chi connectivity index (χ1) is 18.0. The van der Waals surface area contributed by atoms with E-state index >= 15 is 0 Å². The summed E-state index contributed by atoms with van der Waals surface area (Å²) in [5, 5.41) is 3.01. The first-order valence-electron chi connectivity index (χ1n) is 14.1. The fourth-order valence-corrected chi connectivity index (χ4v) is 5.54. The van der Waals surface area contributed by atoms with Gasteiger partial charge in [-0.25, -0.2) is 9.59 Å². The summed E-state index contributed by atoms with van der Waals surface area (Å²) in [6, 6.07) is 8.83. The number of carbonyl (C=O) groups is 2. The van der Waals surface area contributed by atoms with E-state index in [1.165, 1.54) is 5.56 Å². The average Bonchev–Trinajstić information content (AvgIpc) is 2.95. The van der Waals surface area contributed by atoms with Gasteiger partial charge in [0.1, 0.15) is 0 Å². The number of anilines is 1. The molecule has 0 spiro atoms. The minimum absolute atomic E-state index is 0.0590. The lowest BCUT2D eigenvalue weighted by Gasteiger charge is -2.39. The highest BCUT2D eigenvalue weighted by molar-refractivity contribution is 5.89. The number of rotatable bonds is 8. The van der Waals surface area contributed by atoms with Gasteiger partial charge in [-0.05, 0) is 62.8 Å². The van der Waals surface area contributed by atoms with Gasteiger partial charge in [0, 0.05) is 57.5 Å². The molecule has 1 atom stereocenters. The molecule has 4 amide bonds. The molecule has 0 aromatic heterocycles.